The molecule has 146 valence electrons. The quantitative estimate of drug-likeness (QED) is 0.407. The van der Waals surface area contributed by atoms with Gasteiger partial charge in [-0.1, -0.05) is 6.92 Å². The third kappa shape index (κ3) is 5.71. The lowest BCUT2D eigenvalue weighted by atomic mass is 10.1. The molecule has 10 nitrogen and oxygen atoms in total. The highest BCUT2D eigenvalue weighted by Crippen LogP contribution is 2.22. The van der Waals surface area contributed by atoms with Crippen molar-refractivity contribution in [3.05, 3.63) is 68.3 Å². The number of anilines is 1. The molecule has 28 heavy (non-hydrogen) atoms. The topological polar surface area (TPSA) is 137 Å². The fraction of sp³-hybridized carbons (Fsp3) is 0.176. The number of carbonyl (C=O) groups excluding carboxylic acids is 1. The van der Waals surface area contributed by atoms with Crippen LogP contribution in [0.15, 0.2) is 42.5 Å². The molecule has 0 fully saturated rings. The number of ether oxygens (including phenoxy) is 1. The number of hydrogen-bond acceptors (Lipinski definition) is 7. The molecule has 2 aromatic carbocycles. The zero-order chi connectivity index (χ0) is 20.7. The average molecular weight is 404 g/mol. The van der Waals surface area contributed by atoms with Crippen LogP contribution in [0.1, 0.15) is 23.7 Å². The first kappa shape index (κ1) is 20.7. The van der Waals surface area contributed by atoms with Gasteiger partial charge in [-0.2, -0.15) is 0 Å². The fourth-order valence-electron chi connectivity index (χ4n) is 2.13. The van der Waals surface area contributed by atoms with Crippen molar-refractivity contribution in [2.24, 2.45) is 0 Å². The van der Waals surface area contributed by atoms with Crippen molar-refractivity contribution in [2.45, 2.75) is 13.3 Å². The van der Waals surface area contributed by atoms with Crippen molar-refractivity contribution in [1.82, 2.24) is 5.32 Å². The van der Waals surface area contributed by atoms with Gasteiger partial charge in [0.1, 0.15) is 5.75 Å². The molecular formula is C17H16N4O6S. The Morgan fingerprint density at radius 3 is 2.14 bits per heavy atom. The van der Waals surface area contributed by atoms with E-state index in [1.807, 2.05) is 6.92 Å². The number of amides is 1. The standard InChI is InChI=1S/C17H16N4O6S/c1-2-7-27-15-5-3-12(4-6-15)18-17(28)19-16(22)11-8-13(20(23)24)10-14(9-11)21(25)26/h3-6,8-10H,2,7H2,1H3,(H2,18,19,22,28). The molecule has 2 rings (SSSR count). The summed E-state index contributed by atoms with van der Waals surface area (Å²) in [4.78, 5) is 32.4. The number of nitrogens with zero attached hydrogens (tertiary/aromatic N) is 2. The number of carbonyl (C=O) groups is 1. The van der Waals surface area contributed by atoms with Crippen molar-refractivity contribution in [2.75, 3.05) is 11.9 Å². The maximum absolute atomic E-state index is 12.3. The van der Waals surface area contributed by atoms with Crippen LogP contribution in [0.5, 0.6) is 5.75 Å². The van der Waals surface area contributed by atoms with Gasteiger partial charge in [0.15, 0.2) is 5.11 Å². The van der Waals surface area contributed by atoms with E-state index >= 15 is 0 Å². The van der Waals surface area contributed by atoms with E-state index in [-0.39, 0.29) is 10.7 Å². The first-order valence-corrected chi connectivity index (χ1v) is 8.50. The second-order valence-electron chi connectivity index (χ2n) is 5.53. The monoisotopic (exact) mass is 404 g/mol. The van der Waals surface area contributed by atoms with Crippen LogP contribution in [-0.4, -0.2) is 27.5 Å². The van der Waals surface area contributed by atoms with Crippen LogP contribution in [0, 0.1) is 20.2 Å². The molecule has 2 aromatic rings. The van der Waals surface area contributed by atoms with Gasteiger partial charge in [0.2, 0.25) is 0 Å². The molecule has 0 aromatic heterocycles. The maximum Gasteiger partial charge on any atom is 0.277 e. The SMILES string of the molecule is CCCOc1ccc(NC(=S)NC(=O)c2cc([N+](=O)[O-])cc([N+](=O)[O-])c2)cc1. The number of nitrogens with one attached hydrogen (secondary N) is 2. The molecule has 0 spiro atoms. The summed E-state index contributed by atoms with van der Waals surface area (Å²) in [6.45, 7) is 2.59. The van der Waals surface area contributed by atoms with E-state index in [4.69, 9.17) is 17.0 Å². The molecule has 0 heterocycles. The van der Waals surface area contributed by atoms with E-state index in [9.17, 15) is 25.0 Å². The lowest BCUT2D eigenvalue weighted by molar-refractivity contribution is -0.394. The van der Waals surface area contributed by atoms with Gasteiger partial charge in [-0.25, -0.2) is 0 Å². The Bertz CT molecular complexity index is 884. The molecule has 0 aliphatic heterocycles. The number of nitro groups is 2. The molecule has 1 amide bonds. The zero-order valence-electron chi connectivity index (χ0n) is 14.7. The molecule has 0 radical (unpaired) electrons. The normalized spacial score (nSPS) is 10.0. The van der Waals surface area contributed by atoms with E-state index in [2.05, 4.69) is 10.6 Å². The Hall–Kier alpha value is -3.60. The molecule has 2 N–H and O–H groups in total. The second kappa shape index (κ2) is 9.37. The van der Waals surface area contributed by atoms with Gasteiger partial charge >= 0.3 is 0 Å². The number of thiocarbonyl (C=S) groups is 1. The predicted molar refractivity (Wildman–Crippen MR) is 106 cm³/mol. The molecule has 0 aliphatic carbocycles. The fourth-order valence-corrected chi connectivity index (χ4v) is 2.34. The van der Waals surface area contributed by atoms with Gasteiger partial charge in [-0.05, 0) is 42.9 Å². The Balaban J connectivity index is 2.06. The Kier molecular flexibility index (Phi) is 6.93. The van der Waals surface area contributed by atoms with Crippen molar-refractivity contribution in [3.63, 3.8) is 0 Å². The van der Waals surface area contributed by atoms with Crippen molar-refractivity contribution in [3.8, 4) is 5.75 Å². The summed E-state index contributed by atoms with van der Waals surface area (Å²) >= 11 is 5.04. The van der Waals surface area contributed by atoms with Crippen LogP contribution < -0.4 is 15.4 Å². The van der Waals surface area contributed by atoms with Crippen LogP contribution in [0.2, 0.25) is 0 Å². The van der Waals surface area contributed by atoms with Crippen LogP contribution in [0.25, 0.3) is 0 Å². The first-order valence-electron chi connectivity index (χ1n) is 8.09. The van der Waals surface area contributed by atoms with Gasteiger partial charge in [0.25, 0.3) is 17.3 Å². The summed E-state index contributed by atoms with van der Waals surface area (Å²) in [6, 6.07) is 9.49. The summed E-state index contributed by atoms with van der Waals surface area (Å²) < 4.78 is 5.46. The molecule has 0 bridgehead atoms. The summed E-state index contributed by atoms with van der Waals surface area (Å²) in [6.07, 6.45) is 0.881. The zero-order valence-corrected chi connectivity index (χ0v) is 15.5. The molecule has 0 saturated carbocycles. The minimum atomic E-state index is -0.817. The first-order chi connectivity index (χ1) is 13.3. The second-order valence-corrected chi connectivity index (χ2v) is 5.94. The van der Waals surface area contributed by atoms with Gasteiger partial charge < -0.3 is 10.1 Å². The molecular weight excluding hydrogens is 388 g/mol. The van der Waals surface area contributed by atoms with E-state index in [0.717, 1.165) is 24.6 Å². The molecule has 0 unspecified atom stereocenters. The maximum atomic E-state index is 12.3. The van der Waals surface area contributed by atoms with E-state index in [0.29, 0.717) is 18.0 Å². The average Bonchev–Trinajstić information content (AvgIpc) is 2.66. The third-order valence-electron chi connectivity index (χ3n) is 3.40. The largest absolute Gasteiger partial charge is 0.494 e. The molecule has 11 heteroatoms. The highest BCUT2D eigenvalue weighted by molar-refractivity contribution is 7.80. The lowest BCUT2D eigenvalue weighted by Crippen LogP contribution is -2.34. The van der Waals surface area contributed by atoms with Crippen LogP contribution in [0.4, 0.5) is 17.1 Å². The van der Waals surface area contributed by atoms with Crippen LogP contribution in [-0.2, 0) is 0 Å². The molecule has 0 saturated heterocycles. The summed E-state index contributed by atoms with van der Waals surface area (Å²) in [5.74, 6) is -0.126. The van der Waals surface area contributed by atoms with E-state index in [1.54, 1.807) is 24.3 Å². The van der Waals surface area contributed by atoms with Crippen molar-refractivity contribution in [1.29, 1.82) is 0 Å². The Labute approximate surface area is 164 Å². The van der Waals surface area contributed by atoms with Gasteiger partial charge in [-0.3, -0.25) is 30.3 Å². The van der Waals surface area contributed by atoms with Crippen LogP contribution >= 0.6 is 12.2 Å². The predicted octanol–water partition coefficient (Wildman–Crippen LogP) is 3.42. The number of rotatable bonds is 7. The van der Waals surface area contributed by atoms with Gasteiger partial charge in [0, 0.05) is 17.8 Å². The van der Waals surface area contributed by atoms with Crippen molar-refractivity contribution < 1.29 is 19.4 Å². The highest BCUT2D eigenvalue weighted by atomic mass is 32.1. The number of hydrogen-bond donors (Lipinski definition) is 2. The summed E-state index contributed by atoms with van der Waals surface area (Å²) in [5.41, 5.74) is -0.811. The number of non-ortho nitro benzene ring substituents is 2. The molecule has 0 atom stereocenters. The minimum absolute atomic E-state index is 0.0682. The smallest absolute Gasteiger partial charge is 0.277 e. The number of benzene rings is 2. The summed E-state index contributed by atoms with van der Waals surface area (Å²) in [7, 11) is 0. The molecule has 0 aliphatic rings. The summed E-state index contributed by atoms with van der Waals surface area (Å²) in [5, 5.41) is 26.9. The van der Waals surface area contributed by atoms with Gasteiger partial charge in [0.05, 0.1) is 28.1 Å². The Morgan fingerprint density at radius 1 is 1.07 bits per heavy atom. The van der Waals surface area contributed by atoms with Crippen LogP contribution in [0.3, 0.4) is 0 Å². The van der Waals surface area contributed by atoms with E-state index in [1.165, 1.54) is 0 Å². The van der Waals surface area contributed by atoms with E-state index < -0.39 is 27.1 Å². The lowest BCUT2D eigenvalue weighted by Gasteiger charge is -2.10. The van der Waals surface area contributed by atoms with Crippen molar-refractivity contribution >= 4 is 40.3 Å². The van der Waals surface area contributed by atoms with Gasteiger partial charge in [-0.15, -0.1) is 0 Å². The number of nitro benzene ring substituents is 2. The minimum Gasteiger partial charge on any atom is -0.494 e. The Morgan fingerprint density at radius 2 is 1.64 bits per heavy atom. The highest BCUT2D eigenvalue weighted by Gasteiger charge is 2.20. The third-order valence-corrected chi connectivity index (χ3v) is 3.60.